The van der Waals surface area contributed by atoms with Gasteiger partial charge < -0.3 is 11.1 Å². The molecule has 20 heavy (non-hydrogen) atoms. The second-order valence-corrected chi connectivity index (χ2v) is 5.10. The largest absolute Gasteiger partial charge is 0.398 e. The van der Waals surface area contributed by atoms with E-state index in [4.69, 9.17) is 5.73 Å². The van der Waals surface area contributed by atoms with Crippen molar-refractivity contribution in [3.05, 3.63) is 42.0 Å². The topological polar surface area (TPSA) is 55.1 Å². The fourth-order valence-electron chi connectivity index (χ4n) is 2.30. The molecule has 0 aromatic heterocycles. The van der Waals surface area contributed by atoms with Crippen LogP contribution in [0.2, 0.25) is 0 Å². The van der Waals surface area contributed by atoms with Gasteiger partial charge in [-0.15, -0.1) is 0 Å². The molecule has 0 spiro atoms. The summed E-state index contributed by atoms with van der Waals surface area (Å²) in [7, 11) is 0. The lowest BCUT2D eigenvalue weighted by atomic mass is 10.0. The number of fused-ring (bicyclic) bond motifs is 1. The molecule has 2 rings (SSSR count). The Balaban J connectivity index is 2.04. The summed E-state index contributed by atoms with van der Waals surface area (Å²) in [5, 5.41) is 5.04. The monoisotopic (exact) mass is 270 g/mol. The minimum absolute atomic E-state index is 0.0789. The molecule has 0 bridgehead atoms. The Labute approximate surface area is 120 Å². The predicted molar refractivity (Wildman–Crippen MR) is 84.8 cm³/mol. The van der Waals surface area contributed by atoms with Crippen LogP contribution >= 0.6 is 0 Å². The first-order valence-corrected chi connectivity index (χ1v) is 7.29. The molecule has 0 saturated carbocycles. The van der Waals surface area contributed by atoms with Crippen molar-refractivity contribution in [1.29, 1.82) is 0 Å². The van der Waals surface area contributed by atoms with Gasteiger partial charge in [-0.25, -0.2) is 0 Å². The molecule has 2 aromatic carbocycles. The van der Waals surface area contributed by atoms with Crippen LogP contribution in [0.1, 0.15) is 43.0 Å². The van der Waals surface area contributed by atoms with Crippen LogP contribution in [0.4, 0.5) is 5.69 Å². The van der Waals surface area contributed by atoms with E-state index < -0.39 is 0 Å². The number of amides is 1. The Morgan fingerprint density at radius 3 is 2.50 bits per heavy atom. The number of unbranched alkanes of at least 4 members (excludes halogenated alkanes) is 3. The van der Waals surface area contributed by atoms with Gasteiger partial charge in [0.2, 0.25) is 0 Å². The molecule has 2 aromatic rings. The number of rotatable bonds is 6. The lowest BCUT2D eigenvalue weighted by molar-refractivity contribution is 0.0954. The molecule has 3 N–H and O–H groups in total. The number of nitrogens with one attached hydrogen (secondary N) is 1. The first-order chi connectivity index (χ1) is 9.72. The number of carbonyl (C=O) groups excluding carboxylic acids is 1. The van der Waals surface area contributed by atoms with Gasteiger partial charge in [0, 0.05) is 12.2 Å². The van der Waals surface area contributed by atoms with E-state index in [1.807, 2.05) is 36.4 Å². The Hall–Kier alpha value is -2.03. The number of hydrogen-bond acceptors (Lipinski definition) is 2. The number of anilines is 1. The van der Waals surface area contributed by atoms with Crippen LogP contribution in [0.15, 0.2) is 36.4 Å². The van der Waals surface area contributed by atoms with Crippen molar-refractivity contribution < 1.29 is 4.79 Å². The van der Waals surface area contributed by atoms with Gasteiger partial charge in [0.1, 0.15) is 0 Å². The van der Waals surface area contributed by atoms with Crippen molar-refractivity contribution in [2.24, 2.45) is 0 Å². The zero-order valence-corrected chi connectivity index (χ0v) is 12.0. The van der Waals surface area contributed by atoms with Gasteiger partial charge in [0.05, 0.1) is 5.56 Å². The molecule has 0 atom stereocenters. The van der Waals surface area contributed by atoms with Gasteiger partial charge >= 0.3 is 0 Å². The molecule has 0 aliphatic heterocycles. The zero-order valence-electron chi connectivity index (χ0n) is 12.0. The third-order valence-corrected chi connectivity index (χ3v) is 3.48. The van der Waals surface area contributed by atoms with E-state index in [1.54, 1.807) is 0 Å². The Morgan fingerprint density at radius 2 is 1.80 bits per heavy atom. The second kappa shape index (κ2) is 6.94. The molecular weight excluding hydrogens is 248 g/mol. The van der Waals surface area contributed by atoms with Crippen molar-refractivity contribution in [2.45, 2.75) is 32.6 Å². The van der Waals surface area contributed by atoms with E-state index in [0.717, 1.165) is 23.6 Å². The first-order valence-electron chi connectivity index (χ1n) is 7.29. The van der Waals surface area contributed by atoms with Crippen molar-refractivity contribution in [3.63, 3.8) is 0 Å². The van der Waals surface area contributed by atoms with Gasteiger partial charge in [-0.3, -0.25) is 4.79 Å². The highest BCUT2D eigenvalue weighted by molar-refractivity contribution is 6.03. The fourth-order valence-corrected chi connectivity index (χ4v) is 2.30. The molecule has 106 valence electrons. The Morgan fingerprint density at radius 1 is 1.10 bits per heavy atom. The summed E-state index contributed by atoms with van der Waals surface area (Å²) >= 11 is 0. The lowest BCUT2D eigenvalue weighted by Gasteiger charge is -2.09. The molecule has 0 aliphatic rings. The molecule has 0 aliphatic carbocycles. The zero-order chi connectivity index (χ0) is 14.4. The summed E-state index contributed by atoms with van der Waals surface area (Å²) in [6.07, 6.45) is 4.59. The van der Waals surface area contributed by atoms with Gasteiger partial charge in [-0.05, 0) is 29.3 Å². The number of carbonyl (C=O) groups is 1. The fraction of sp³-hybridized carbons (Fsp3) is 0.353. The predicted octanol–water partition coefficient (Wildman–Crippen LogP) is 3.73. The maximum Gasteiger partial charge on any atom is 0.253 e. The molecule has 0 unspecified atom stereocenters. The van der Waals surface area contributed by atoms with E-state index in [1.165, 1.54) is 12.8 Å². The molecule has 3 heteroatoms. The van der Waals surface area contributed by atoms with Crippen molar-refractivity contribution in [3.8, 4) is 0 Å². The third-order valence-electron chi connectivity index (χ3n) is 3.48. The SMILES string of the molecule is CCCCCCNC(=O)c1cc2ccccc2cc1N. The molecule has 0 radical (unpaired) electrons. The lowest BCUT2D eigenvalue weighted by Crippen LogP contribution is -2.25. The van der Waals surface area contributed by atoms with Crippen LogP contribution in [0.5, 0.6) is 0 Å². The molecule has 0 fully saturated rings. The first kappa shape index (κ1) is 14.4. The minimum Gasteiger partial charge on any atom is -0.398 e. The number of nitrogens with two attached hydrogens (primary N) is 1. The Bertz CT molecular complexity index is 593. The average molecular weight is 270 g/mol. The van der Waals surface area contributed by atoms with E-state index >= 15 is 0 Å². The van der Waals surface area contributed by atoms with E-state index in [0.29, 0.717) is 17.8 Å². The van der Waals surface area contributed by atoms with Gasteiger partial charge in [0.25, 0.3) is 5.91 Å². The average Bonchev–Trinajstić information content (AvgIpc) is 2.46. The van der Waals surface area contributed by atoms with Crippen LogP contribution < -0.4 is 11.1 Å². The van der Waals surface area contributed by atoms with E-state index in [2.05, 4.69) is 12.2 Å². The van der Waals surface area contributed by atoms with Crippen molar-refractivity contribution >= 4 is 22.4 Å². The maximum absolute atomic E-state index is 12.2. The number of nitrogen functional groups attached to an aromatic ring is 1. The normalized spacial score (nSPS) is 10.7. The summed E-state index contributed by atoms with van der Waals surface area (Å²) in [4.78, 5) is 12.2. The van der Waals surface area contributed by atoms with Crippen LogP contribution in [-0.4, -0.2) is 12.5 Å². The third kappa shape index (κ3) is 3.50. The summed E-state index contributed by atoms with van der Waals surface area (Å²) in [6.45, 7) is 2.89. The molecule has 1 amide bonds. The van der Waals surface area contributed by atoms with Crippen molar-refractivity contribution in [1.82, 2.24) is 5.32 Å². The van der Waals surface area contributed by atoms with E-state index in [-0.39, 0.29) is 5.91 Å². The maximum atomic E-state index is 12.2. The smallest absolute Gasteiger partial charge is 0.253 e. The van der Waals surface area contributed by atoms with Gasteiger partial charge in [-0.2, -0.15) is 0 Å². The molecule has 0 saturated heterocycles. The van der Waals surface area contributed by atoms with Crippen LogP contribution in [0.25, 0.3) is 10.8 Å². The van der Waals surface area contributed by atoms with Crippen LogP contribution in [0, 0.1) is 0 Å². The number of hydrogen-bond donors (Lipinski definition) is 2. The highest BCUT2D eigenvalue weighted by atomic mass is 16.1. The highest BCUT2D eigenvalue weighted by Crippen LogP contribution is 2.21. The van der Waals surface area contributed by atoms with Gasteiger partial charge in [-0.1, -0.05) is 50.5 Å². The van der Waals surface area contributed by atoms with Gasteiger partial charge in [0.15, 0.2) is 0 Å². The second-order valence-electron chi connectivity index (χ2n) is 5.10. The molecule has 3 nitrogen and oxygen atoms in total. The minimum atomic E-state index is -0.0789. The van der Waals surface area contributed by atoms with Crippen LogP contribution in [-0.2, 0) is 0 Å². The Kier molecular flexibility index (Phi) is 4.99. The standard InChI is InChI=1S/C17H22N2O/c1-2-3-4-7-10-19-17(20)15-11-13-8-5-6-9-14(13)12-16(15)18/h5-6,8-9,11-12H,2-4,7,10,18H2,1H3,(H,19,20). The summed E-state index contributed by atoms with van der Waals surface area (Å²) in [5.74, 6) is -0.0789. The summed E-state index contributed by atoms with van der Waals surface area (Å²) in [5.41, 5.74) is 7.08. The molecule has 0 heterocycles. The van der Waals surface area contributed by atoms with Crippen molar-refractivity contribution in [2.75, 3.05) is 12.3 Å². The highest BCUT2D eigenvalue weighted by Gasteiger charge is 2.10. The van der Waals surface area contributed by atoms with Crippen LogP contribution in [0.3, 0.4) is 0 Å². The molecular formula is C17H22N2O. The summed E-state index contributed by atoms with van der Waals surface area (Å²) in [6, 6.07) is 11.7. The quantitative estimate of drug-likeness (QED) is 0.620. The van der Waals surface area contributed by atoms with E-state index in [9.17, 15) is 4.79 Å². The number of benzene rings is 2. The summed E-state index contributed by atoms with van der Waals surface area (Å²) < 4.78 is 0.